The van der Waals surface area contributed by atoms with Crippen LogP contribution in [0.3, 0.4) is 0 Å². The van der Waals surface area contributed by atoms with Gasteiger partial charge < -0.3 is 19.7 Å². The molecule has 230 valence electrons. The van der Waals surface area contributed by atoms with E-state index in [1.54, 1.807) is 4.90 Å². The topological polar surface area (TPSA) is 136 Å². The molecule has 0 bridgehead atoms. The minimum absolute atomic E-state index is 0.0107. The zero-order valence-electron chi connectivity index (χ0n) is 24.7. The van der Waals surface area contributed by atoms with Crippen LogP contribution < -0.4 is 10.2 Å². The van der Waals surface area contributed by atoms with E-state index in [4.69, 9.17) is 9.47 Å². The number of hydrogen-bond donors (Lipinski definition) is 1. The molecule has 5 rings (SSSR count). The predicted octanol–water partition coefficient (Wildman–Crippen LogP) is 2.72. The Morgan fingerprint density at radius 2 is 1.57 bits per heavy atom. The zero-order valence-corrected chi connectivity index (χ0v) is 24.7. The summed E-state index contributed by atoms with van der Waals surface area (Å²) in [6.07, 6.45) is 3.36. The Morgan fingerprint density at radius 1 is 0.864 bits per heavy atom. The Kier molecular flexibility index (Phi) is 10.3. The summed E-state index contributed by atoms with van der Waals surface area (Å²) in [6, 6.07) is 15.5. The number of ether oxygens (including phenoxy) is 2. The number of amides is 4. The molecule has 0 aliphatic carbocycles. The summed E-state index contributed by atoms with van der Waals surface area (Å²) in [5.41, 5.74) is 4.89. The molecule has 2 aliphatic heterocycles. The largest absolute Gasteiger partial charge is 0.379 e. The first kappa shape index (κ1) is 30.8. The van der Waals surface area contributed by atoms with Gasteiger partial charge in [0.2, 0.25) is 11.8 Å². The minimum atomic E-state index is -0.432. The molecule has 0 atom stereocenters. The summed E-state index contributed by atoms with van der Waals surface area (Å²) in [6.45, 7) is 5.21. The van der Waals surface area contributed by atoms with E-state index in [1.165, 1.54) is 12.2 Å². The van der Waals surface area contributed by atoms with Crippen LogP contribution >= 0.6 is 0 Å². The Bertz CT molecular complexity index is 1530. The molecule has 0 saturated heterocycles. The average Bonchev–Trinajstić information content (AvgIpc) is 3.59. The van der Waals surface area contributed by atoms with E-state index in [0.29, 0.717) is 50.9 Å². The average molecular weight is 601 g/mol. The van der Waals surface area contributed by atoms with Crippen LogP contribution in [-0.4, -0.2) is 83.0 Å². The lowest BCUT2D eigenvalue weighted by atomic mass is 9.95. The SMILES string of the molecule is CCCOCCOCCn1nnc2c1-c1ccccc1CN(C(=O)CCNC(=O)CCN1C(=O)C=CC1=O)c1ccccc1-2. The van der Waals surface area contributed by atoms with Crippen LogP contribution in [0.15, 0.2) is 60.7 Å². The van der Waals surface area contributed by atoms with E-state index in [1.807, 2.05) is 53.2 Å². The second-order valence-electron chi connectivity index (χ2n) is 10.4. The van der Waals surface area contributed by atoms with Gasteiger partial charge in [0, 0.05) is 55.8 Å². The van der Waals surface area contributed by atoms with E-state index in [0.717, 1.165) is 33.7 Å². The van der Waals surface area contributed by atoms with Gasteiger partial charge in [0.05, 0.1) is 44.3 Å². The Labute approximate surface area is 255 Å². The Morgan fingerprint density at radius 3 is 2.34 bits per heavy atom. The summed E-state index contributed by atoms with van der Waals surface area (Å²) < 4.78 is 13.1. The first-order valence-corrected chi connectivity index (χ1v) is 14.8. The number of carbonyl (C=O) groups is 4. The van der Waals surface area contributed by atoms with E-state index in [-0.39, 0.29) is 37.7 Å². The lowest BCUT2D eigenvalue weighted by Gasteiger charge is -2.28. The van der Waals surface area contributed by atoms with Gasteiger partial charge in [-0.05, 0) is 18.1 Å². The van der Waals surface area contributed by atoms with Crippen molar-refractivity contribution < 1.29 is 28.7 Å². The van der Waals surface area contributed by atoms with Gasteiger partial charge in [-0.15, -0.1) is 5.10 Å². The number of aromatic nitrogens is 3. The molecule has 1 N–H and O–H groups in total. The number of carbonyl (C=O) groups excluding carboxylic acids is 4. The molecule has 4 amide bonds. The van der Waals surface area contributed by atoms with Crippen molar-refractivity contribution in [3.05, 3.63) is 66.2 Å². The molecule has 3 heterocycles. The molecule has 1 aromatic heterocycles. The van der Waals surface area contributed by atoms with Gasteiger partial charge in [-0.2, -0.15) is 0 Å². The predicted molar refractivity (Wildman–Crippen MR) is 162 cm³/mol. The van der Waals surface area contributed by atoms with Crippen LogP contribution in [0.5, 0.6) is 0 Å². The Hall–Kier alpha value is -4.68. The van der Waals surface area contributed by atoms with Crippen molar-refractivity contribution in [1.82, 2.24) is 25.2 Å². The summed E-state index contributed by atoms with van der Waals surface area (Å²) >= 11 is 0. The van der Waals surface area contributed by atoms with Crippen molar-refractivity contribution in [2.75, 3.05) is 44.4 Å². The summed E-state index contributed by atoms with van der Waals surface area (Å²) in [5, 5.41) is 11.8. The van der Waals surface area contributed by atoms with E-state index in [9.17, 15) is 19.2 Å². The van der Waals surface area contributed by atoms with Gasteiger partial charge in [-0.25, -0.2) is 4.68 Å². The standard InChI is InChI=1S/C32H36N6O6/c1-2-18-43-20-21-44-19-17-38-32-24-8-4-3-7-23(24)22-37(26-10-6-5-9-25(26)31(32)34-35-38)30(42)13-15-33-27(39)14-16-36-28(40)11-12-29(36)41/h3-12H,2,13-22H2,1H3,(H,33,39). The van der Waals surface area contributed by atoms with Gasteiger partial charge in [0.1, 0.15) is 5.69 Å². The second-order valence-corrected chi connectivity index (χ2v) is 10.4. The number of fused-ring (bicyclic) bond motifs is 5. The number of para-hydroxylation sites is 1. The van der Waals surface area contributed by atoms with Gasteiger partial charge in [0.15, 0.2) is 0 Å². The van der Waals surface area contributed by atoms with Crippen molar-refractivity contribution in [3.8, 4) is 22.5 Å². The lowest BCUT2D eigenvalue weighted by molar-refractivity contribution is -0.137. The number of rotatable bonds is 14. The van der Waals surface area contributed by atoms with Crippen molar-refractivity contribution in [2.45, 2.75) is 39.3 Å². The molecule has 0 radical (unpaired) electrons. The van der Waals surface area contributed by atoms with Crippen molar-refractivity contribution >= 4 is 29.3 Å². The quantitative estimate of drug-likeness (QED) is 0.220. The van der Waals surface area contributed by atoms with Crippen LogP contribution in [-0.2, 0) is 41.7 Å². The zero-order chi connectivity index (χ0) is 30.9. The molecule has 3 aromatic rings. The van der Waals surface area contributed by atoms with Crippen molar-refractivity contribution in [3.63, 3.8) is 0 Å². The third-order valence-electron chi connectivity index (χ3n) is 7.38. The van der Waals surface area contributed by atoms with Crippen LogP contribution in [0.25, 0.3) is 22.5 Å². The second kappa shape index (κ2) is 14.7. The maximum absolute atomic E-state index is 13.7. The highest BCUT2D eigenvalue weighted by Gasteiger charge is 2.29. The van der Waals surface area contributed by atoms with Crippen LogP contribution in [0.1, 0.15) is 31.7 Å². The lowest BCUT2D eigenvalue weighted by Crippen LogP contribution is -2.37. The van der Waals surface area contributed by atoms with Crippen LogP contribution in [0.4, 0.5) is 5.69 Å². The third kappa shape index (κ3) is 7.09. The highest BCUT2D eigenvalue weighted by Crippen LogP contribution is 2.41. The molecule has 12 nitrogen and oxygen atoms in total. The highest BCUT2D eigenvalue weighted by molar-refractivity contribution is 6.13. The van der Waals surface area contributed by atoms with Crippen molar-refractivity contribution in [1.29, 1.82) is 0 Å². The number of anilines is 1. The number of hydrogen-bond acceptors (Lipinski definition) is 8. The maximum Gasteiger partial charge on any atom is 0.253 e. The molecule has 0 spiro atoms. The number of benzene rings is 2. The van der Waals surface area contributed by atoms with Gasteiger partial charge >= 0.3 is 0 Å². The molecule has 2 aromatic carbocycles. The molecule has 44 heavy (non-hydrogen) atoms. The molecular formula is C32H36N6O6. The van der Waals surface area contributed by atoms with Crippen LogP contribution in [0.2, 0.25) is 0 Å². The molecule has 0 fully saturated rings. The summed E-state index contributed by atoms with van der Waals surface area (Å²) in [4.78, 5) is 52.2. The monoisotopic (exact) mass is 600 g/mol. The first-order chi connectivity index (χ1) is 21.5. The number of nitrogens with one attached hydrogen (secondary N) is 1. The fourth-order valence-corrected chi connectivity index (χ4v) is 5.21. The first-order valence-electron chi connectivity index (χ1n) is 14.8. The molecule has 12 heteroatoms. The molecule has 0 unspecified atom stereocenters. The van der Waals surface area contributed by atoms with Gasteiger partial charge in [-0.1, -0.05) is 54.6 Å². The van der Waals surface area contributed by atoms with Gasteiger partial charge in [-0.3, -0.25) is 24.1 Å². The Balaban J connectivity index is 1.29. The molecule has 0 saturated carbocycles. The fraction of sp³-hybridized carbons (Fsp3) is 0.375. The van der Waals surface area contributed by atoms with Gasteiger partial charge in [0.25, 0.3) is 11.8 Å². The fourth-order valence-electron chi connectivity index (χ4n) is 5.21. The van der Waals surface area contributed by atoms with Crippen molar-refractivity contribution in [2.24, 2.45) is 0 Å². The number of nitrogens with zero attached hydrogens (tertiary/aromatic N) is 5. The smallest absolute Gasteiger partial charge is 0.253 e. The number of imide groups is 1. The molecule has 2 aliphatic rings. The summed E-state index contributed by atoms with van der Waals surface area (Å²) in [5.74, 6) is -1.38. The molecular weight excluding hydrogens is 564 g/mol. The maximum atomic E-state index is 13.7. The minimum Gasteiger partial charge on any atom is -0.379 e. The summed E-state index contributed by atoms with van der Waals surface area (Å²) in [7, 11) is 0. The van der Waals surface area contributed by atoms with E-state index < -0.39 is 11.8 Å². The highest BCUT2D eigenvalue weighted by atomic mass is 16.5. The van der Waals surface area contributed by atoms with E-state index >= 15 is 0 Å². The van der Waals surface area contributed by atoms with Crippen LogP contribution in [0, 0.1) is 0 Å². The third-order valence-corrected chi connectivity index (χ3v) is 7.38. The van der Waals surface area contributed by atoms with E-state index in [2.05, 4.69) is 22.6 Å². The normalized spacial score (nSPS) is 13.8.